The number of aromatic nitrogens is 2. The van der Waals surface area contributed by atoms with Crippen LogP contribution in [-0.2, 0) is 13.0 Å². The van der Waals surface area contributed by atoms with Crippen molar-refractivity contribution in [3.63, 3.8) is 0 Å². The van der Waals surface area contributed by atoms with E-state index in [1.807, 2.05) is 24.3 Å². The summed E-state index contributed by atoms with van der Waals surface area (Å²) in [6.45, 7) is 0.854. The van der Waals surface area contributed by atoms with Crippen LogP contribution in [-0.4, -0.2) is 39.3 Å². The lowest BCUT2D eigenvalue weighted by Gasteiger charge is -2.26. The summed E-state index contributed by atoms with van der Waals surface area (Å²) in [5.74, 6) is 0.749. The summed E-state index contributed by atoms with van der Waals surface area (Å²) in [7, 11) is 1.59. The van der Waals surface area contributed by atoms with Crippen LogP contribution in [0.5, 0.6) is 5.75 Å². The molecule has 0 fully saturated rings. The first-order valence-corrected chi connectivity index (χ1v) is 6.73. The van der Waals surface area contributed by atoms with E-state index >= 15 is 0 Å². The minimum Gasteiger partial charge on any atom is -0.497 e. The van der Waals surface area contributed by atoms with E-state index in [-0.39, 0.29) is 11.7 Å². The average molecular weight is 302 g/mol. The number of benzene rings is 1. The molecule has 0 spiro atoms. The summed E-state index contributed by atoms with van der Waals surface area (Å²) >= 11 is 0. The van der Waals surface area contributed by atoms with Crippen LogP contribution in [0.15, 0.2) is 30.5 Å². The van der Waals surface area contributed by atoms with Gasteiger partial charge < -0.3 is 9.64 Å². The third kappa shape index (κ3) is 2.39. The summed E-state index contributed by atoms with van der Waals surface area (Å²) in [5.41, 5.74) is 1.22. The van der Waals surface area contributed by atoms with Gasteiger partial charge in [0.05, 0.1) is 12.0 Å². The highest BCUT2D eigenvalue weighted by Crippen LogP contribution is 2.23. The number of ether oxygens (including phenoxy) is 1. The molecule has 0 N–H and O–H groups in total. The molecule has 114 valence electrons. The fourth-order valence-electron chi connectivity index (χ4n) is 2.48. The molecule has 1 amide bonds. The summed E-state index contributed by atoms with van der Waals surface area (Å²) in [6.07, 6.45) is 1.54. The molecule has 0 unspecified atom stereocenters. The maximum atomic E-state index is 12.4. The van der Waals surface area contributed by atoms with Crippen LogP contribution in [0.3, 0.4) is 0 Å². The predicted octanol–water partition coefficient (Wildman–Crippen LogP) is 1.83. The Morgan fingerprint density at radius 2 is 2.09 bits per heavy atom. The van der Waals surface area contributed by atoms with Gasteiger partial charge in [-0.15, -0.1) is 0 Å². The molecule has 1 aromatic heterocycles. The zero-order valence-corrected chi connectivity index (χ0v) is 11.9. The van der Waals surface area contributed by atoms with Crippen molar-refractivity contribution in [2.45, 2.75) is 13.0 Å². The Hall–Kier alpha value is -2.90. The lowest BCUT2D eigenvalue weighted by molar-refractivity contribution is -0.385. The maximum Gasteiger partial charge on any atom is 0.345 e. The van der Waals surface area contributed by atoms with Crippen molar-refractivity contribution in [1.29, 1.82) is 0 Å². The highest BCUT2D eigenvalue weighted by molar-refractivity contribution is 5.79. The van der Waals surface area contributed by atoms with E-state index < -0.39 is 4.92 Å². The molecule has 2 heterocycles. The number of fused-ring (bicyclic) bond motifs is 1. The second kappa shape index (κ2) is 5.47. The summed E-state index contributed by atoms with van der Waals surface area (Å²) in [4.78, 5) is 24.4. The molecule has 1 aromatic carbocycles. The largest absolute Gasteiger partial charge is 0.497 e. The second-order valence-corrected chi connectivity index (χ2v) is 4.95. The van der Waals surface area contributed by atoms with E-state index in [0.717, 1.165) is 22.2 Å². The molecule has 22 heavy (non-hydrogen) atoms. The Morgan fingerprint density at radius 3 is 2.73 bits per heavy atom. The molecule has 0 atom stereocenters. The lowest BCUT2D eigenvalue weighted by atomic mass is 10.1. The molecule has 0 radical (unpaired) electrons. The van der Waals surface area contributed by atoms with Crippen molar-refractivity contribution in [2.24, 2.45) is 0 Å². The molecule has 0 saturated heterocycles. The molecule has 0 saturated carbocycles. The van der Waals surface area contributed by atoms with Crippen LogP contribution < -0.4 is 4.74 Å². The predicted molar refractivity (Wildman–Crippen MR) is 76.8 cm³/mol. The number of hydrogen-bond donors (Lipinski definition) is 0. The maximum absolute atomic E-state index is 12.4. The zero-order valence-electron chi connectivity index (χ0n) is 11.9. The van der Waals surface area contributed by atoms with Gasteiger partial charge in [-0.2, -0.15) is 9.78 Å². The Kier molecular flexibility index (Phi) is 3.50. The first-order chi connectivity index (χ1) is 10.6. The molecule has 8 nitrogen and oxygen atoms in total. The second-order valence-electron chi connectivity index (χ2n) is 4.95. The number of nitro groups is 1. The van der Waals surface area contributed by atoms with Gasteiger partial charge in [-0.25, -0.2) is 4.79 Å². The van der Waals surface area contributed by atoms with Gasteiger partial charge in [-0.05, 0) is 17.7 Å². The number of carbonyl (C=O) groups excluding carboxylic acids is 1. The first-order valence-electron chi connectivity index (χ1n) is 6.73. The van der Waals surface area contributed by atoms with Crippen molar-refractivity contribution in [3.8, 4) is 5.75 Å². The van der Waals surface area contributed by atoms with E-state index in [0.29, 0.717) is 25.2 Å². The minimum absolute atomic E-state index is 0.0996. The van der Waals surface area contributed by atoms with E-state index in [2.05, 4.69) is 5.10 Å². The number of amides is 1. The van der Waals surface area contributed by atoms with Crippen LogP contribution in [0.4, 0.5) is 10.5 Å². The Morgan fingerprint density at radius 1 is 1.36 bits per heavy atom. The van der Waals surface area contributed by atoms with Gasteiger partial charge >= 0.3 is 11.7 Å². The Bertz CT molecular complexity index is 723. The normalized spacial score (nSPS) is 13.9. The Labute approximate surface area is 126 Å². The van der Waals surface area contributed by atoms with Crippen molar-refractivity contribution in [2.75, 3.05) is 13.7 Å². The van der Waals surface area contributed by atoms with Crippen LogP contribution in [0.2, 0.25) is 0 Å². The quantitative estimate of drug-likeness (QED) is 0.634. The van der Waals surface area contributed by atoms with Crippen LogP contribution >= 0.6 is 0 Å². The molecule has 0 bridgehead atoms. The molecule has 0 aliphatic carbocycles. The van der Waals surface area contributed by atoms with Gasteiger partial charge in [0.25, 0.3) is 0 Å². The molecule has 1 aliphatic rings. The molecule has 2 aromatic rings. The monoisotopic (exact) mass is 302 g/mol. The zero-order chi connectivity index (χ0) is 15.7. The van der Waals surface area contributed by atoms with E-state index in [1.165, 1.54) is 0 Å². The van der Waals surface area contributed by atoms with E-state index in [1.54, 1.807) is 12.0 Å². The fourth-order valence-corrected chi connectivity index (χ4v) is 2.48. The topological polar surface area (TPSA) is 90.5 Å². The van der Waals surface area contributed by atoms with Gasteiger partial charge in [-0.1, -0.05) is 12.1 Å². The number of hydrogen-bond acceptors (Lipinski definition) is 5. The Balaban J connectivity index is 1.79. The van der Waals surface area contributed by atoms with Crippen molar-refractivity contribution >= 4 is 11.7 Å². The summed E-state index contributed by atoms with van der Waals surface area (Å²) < 4.78 is 6.21. The van der Waals surface area contributed by atoms with E-state index in [9.17, 15) is 14.9 Å². The summed E-state index contributed by atoms with van der Waals surface area (Å²) in [5, 5.41) is 14.7. The molecule has 3 rings (SSSR count). The highest BCUT2D eigenvalue weighted by Gasteiger charge is 2.31. The molecule has 8 heteroatoms. The van der Waals surface area contributed by atoms with Gasteiger partial charge in [0, 0.05) is 19.5 Å². The minimum atomic E-state index is -0.509. The summed E-state index contributed by atoms with van der Waals surface area (Å²) in [6, 6.07) is 7.08. The van der Waals surface area contributed by atoms with Crippen LogP contribution in [0.25, 0.3) is 0 Å². The van der Waals surface area contributed by atoms with Gasteiger partial charge in [0.15, 0.2) is 0 Å². The van der Waals surface area contributed by atoms with Gasteiger partial charge in [0.2, 0.25) is 0 Å². The van der Waals surface area contributed by atoms with Crippen molar-refractivity contribution < 1.29 is 14.5 Å². The lowest BCUT2D eigenvalue weighted by Crippen LogP contribution is -2.41. The molecular formula is C14H14N4O4. The highest BCUT2D eigenvalue weighted by atomic mass is 16.6. The van der Waals surface area contributed by atoms with E-state index in [4.69, 9.17) is 4.74 Å². The average Bonchev–Trinajstić information content (AvgIpc) is 2.96. The number of methoxy groups -OCH3 is 1. The number of nitrogens with zero attached hydrogens (tertiary/aromatic N) is 4. The van der Waals surface area contributed by atoms with Gasteiger partial charge in [-0.3, -0.25) is 10.1 Å². The van der Waals surface area contributed by atoms with Crippen LogP contribution in [0, 0.1) is 10.1 Å². The van der Waals surface area contributed by atoms with Crippen molar-refractivity contribution in [3.05, 3.63) is 51.8 Å². The smallest absolute Gasteiger partial charge is 0.345 e. The third-order valence-electron chi connectivity index (χ3n) is 3.65. The molecular weight excluding hydrogens is 288 g/mol. The molecule has 1 aliphatic heterocycles. The number of rotatable bonds is 4. The van der Waals surface area contributed by atoms with Gasteiger partial charge in [0.1, 0.15) is 17.6 Å². The SMILES string of the molecule is COc1ccc(CN2CCc3c([N+](=O)[O-])cnn3C2=O)cc1. The fraction of sp³-hybridized carbons (Fsp3) is 0.286. The number of carbonyl (C=O) groups is 1. The standard InChI is InChI=1S/C14H14N4O4/c1-22-11-4-2-10(3-5-11)9-16-7-6-12-13(18(20)21)8-15-17(12)14(16)19/h2-5,8H,6-7,9H2,1H3. The first kappa shape index (κ1) is 14.1. The van der Waals surface area contributed by atoms with Crippen molar-refractivity contribution in [1.82, 2.24) is 14.7 Å². The van der Waals surface area contributed by atoms with Crippen LogP contribution in [0.1, 0.15) is 11.3 Å². The third-order valence-corrected chi connectivity index (χ3v) is 3.65.